The maximum atomic E-state index is 5.83. The molecule has 0 fully saturated rings. The minimum atomic E-state index is 0.633. The van der Waals surface area contributed by atoms with Crippen LogP contribution in [0.15, 0.2) is 65.2 Å². The Hall–Kier alpha value is -2.59. The van der Waals surface area contributed by atoms with Gasteiger partial charge in [0.1, 0.15) is 12.4 Å². The van der Waals surface area contributed by atoms with Crippen molar-refractivity contribution in [1.82, 2.24) is 9.88 Å². The van der Waals surface area contributed by atoms with Gasteiger partial charge >= 0.3 is 0 Å². The molecule has 0 aliphatic rings. The zero-order chi connectivity index (χ0) is 16.8. The number of hydrogen-bond donors (Lipinski definition) is 0. The first kappa shape index (κ1) is 16.3. The Kier molecular flexibility index (Phi) is 5.29. The third-order valence-corrected chi connectivity index (χ3v) is 3.84. The Morgan fingerprint density at radius 1 is 1.04 bits per heavy atom. The van der Waals surface area contributed by atoms with Crippen LogP contribution in [0.2, 0.25) is 0 Å². The molecule has 1 aromatic heterocycles. The van der Waals surface area contributed by atoms with Gasteiger partial charge in [0.05, 0.1) is 12.7 Å². The molecule has 4 heteroatoms. The highest BCUT2D eigenvalue weighted by Crippen LogP contribution is 2.20. The van der Waals surface area contributed by atoms with Gasteiger partial charge in [-0.1, -0.05) is 48.5 Å². The average Bonchev–Trinajstić information content (AvgIpc) is 3.06. The Labute approximate surface area is 142 Å². The summed E-state index contributed by atoms with van der Waals surface area (Å²) in [6, 6.07) is 18.1. The SMILES string of the molecule is Cc1ccccc1OCCN(C)Cc1ncc(-c2ccccc2)o1. The van der Waals surface area contributed by atoms with Gasteiger partial charge in [-0.15, -0.1) is 0 Å². The minimum Gasteiger partial charge on any atom is -0.492 e. The van der Waals surface area contributed by atoms with Crippen molar-refractivity contribution < 1.29 is 9.15 Å². The van der Waals surface area contributed by atoms with E-state index in [1.807, 2.05) is 55.6 Å². The van der Waals surface area contributed by atoms with Crippen LogP contribution in [0.3, 0.4) is 0 Å². The van der Waals surface area contributed by atoms with E-state index >= 15 is 0 Å². The van der Waals surface area contributed by atoms with E-state index in [-0.39, 0.29) is 0 Å². The number of nitrogens with zero attached hydrogens (tertiary/aromatic N) is 2. The van der Waals surface area contributed by atoms with Crippen LogP contribution >= 0.6 is 0 Å². The molecular weight excluding hydrogens is 300 g/mol. The van der Waals surface area contributed by atoms with Gasteiger partial charge in [0.15, 0.2) is 5.76 Å². The van der Waals surface area contributed by atoms with Crippen LogP contribution in [0.5, 0.6) is 5.75 Å². The predicted octanol–water partition coefficient (Wildman–Crippen LogP) is 4.16. The molecule has 0 aliphatic carbocycles. The Morgan fingerprint density at radius 3 is 2.58 bits per heavy atom. The summed E-state index contributed by atoms with van der Waals surface area (Å²) in [5, 5.41) is 0. The van der Waals surface area contributed by atoms with E-state index in [2.05, 4.69) is 22.9 Å². The number of aromatic nitrogens is 1. The predicted molar refractivity (Wildman–Crippen MR) is 94.9 cm³/mol. The van der Waals surface area contributed by atoms with E-state index < -0.39 is 0 Å². The summed E-state index contributed by atoms with van der Waals surface area (Å²) >= 11 is 0. The Balaban J connectivity index is 1.50. The van der Waals surface area contributed by atoms with Gasteiger partial charge in [-0.3, -0.25) is 4.90 Å². The summed E-state index contributed by atoms with van der Waals surface area (Å²) in [6.45, 7) is 4.14. The molecule has 3 aromatic rings. The highest BCUT2D eigenvalue weighted by Gasteiger charge is 2.09. The summed E-state index contributed by atoms with van der Waals surface area (Å²) in [4.78, 5) is 6.50. The Morgan fingerprint density at radius 2 is 1.79 bits per heavy atom. The van der Waals surface area contributed by atoms with Gasteiger partial charge in [-0.2, -0.15) is 0 Å². The number of aryl methyl sites for hydroxylation is 1. The molecule has 3 rings (SSSR count). The molecule has 0 aliphatic heterocycles. The van der Waals surface area contributed by atoms with Crippen molar-refractivity contribution in [2.45, 2.75) is 13.5 Å². The van der Waals surface area contributed by atoms with Crippen LogP contribution in [-0.2, 0) is 6.54 Å². The van der Waals surface area contributed by atoms with E-state index in [0.717, 1.165) is 29.2 Å². The summed E-state index contributed by atoms with van der Waals surface area (Å²) in [5.41, 5.74) is 2.20. The third kappa shape index (κ3) is 4.24. The molecule has 0 saturated heterocycles. The first-order valence-electron chi connectivity index (χ1n) is 8.09. The van der Waals surface area contributed by atoms with E-state index in [9.17, 15) is 0 Å². The van der Waals surface area contributed by atoms with Crippen molar-refractivity contribution in [1.29, 1.82) is 0 Å². The second kappa shape index (κ2) is 7.79. The molecule has 2 aromatic carbocycles. The smallest absolute Gasteiger partial charge is 0.209 e. The van der Waals surface area contributed by atoms with Crippen molar-refractivity contribution in [2.24, 2.45) is 0 Å². The quantitative estimate of drug-likeness (QED) is 0.655. The molecule has 124 valence electrons. The highest BCUT2D eigenvalue weighted by atomic mass is 16.5. The van der Waals surface area contributed by atoms with Crippen molar-refractivity contribution in [3.05, 3.63) is 72.2 Å². The molecule has 0 radical (unpaired) electrons. The largest absolute Gasteiger partial charge is 0.492 e. The van der Waals surface area contributed by atoms with Crippen LogP contribution in [0.25, 0.3) is 11.3 Å². The fourth-order valence-corrected chi connectivity index (χ4v) is 2.46. The third-order valence-electron chi connectivity index (χ3n) is 3.84. The molecule has 0 unspecified atom stereocenters. The Bertz CT molecular complexity index is 768. The van der Waals surface area contributed by atoms with E-state index in [0.29, 0.717) is 19.0 Å². The molecule has 1 heterocycles. The molecule has 0 atom stereocenters. The molecule has 0 spiro atoms. The second-order valence-corrected chi connectivity index (χ2v) is 5.84. The fraction of sp³-hybridized carbons (Fsp3) is 0.250. The number of likely N-dealkylation sites (N-methyl/N-ethyl adjacent to an activating group) is 1. The van der Waals surface area contributed by atoms with Gasteiger partial charge in [0.2, 0.25) is 5.89 Å². The van der Waals surface area contributed by atoms with Gasteiger partial charge in [0.25, 0.3) is 0 Å². The van der Waals surface area contributed by atoms with Crippen LogP contribution < -0.4 is 4.74 Å². The van der Waals surface area contributed by atoms with Gasteiger partial charge < -0.3 is 9.15 Å². The monoisotopic (exact) mass is 322 g/mol. The lowest BCUT2D eigenvalue weighted by molar-refractivity contribution is 0.219. The van der Waals surface area contributed by atoms with Crippen LogP contribution in [-0.4, -0.2) is 30.1 Å². The van der Waals surface area contributed by atoms with Gasteiger partial charge in [-0.25, -0.2) is 4.98 Å². The maximum absolute atomic E-state index is 5.83. The number of ether oxygens (including phenoxy) is 1. The number of oxazole rings is 1. The molecular formula is C20H22N2O2. The van der Waals surface area contributed by atoms with Crippen molar-refractivity contribution in [3.63, 3.8) is 0 Å². The van der Waals surface area contributed by atoms with Crippen LogP contribution in [0.4, 0.5) is 0 Å². The minimum absolute atomic E-state index is 0.633. The molecule has 4 nitrogen and oxygen atoms in total. The summed E-state index contributed by atoms with van der Waals surface area (Å²) in [7, 11) is 2.04. The van der Waals surface area contributed by atoms with E-state index in [4.69, 9.17) is 9.15 Å². The lowest BCUT2D eigenvalue weighted by Crippen LogP contribution is -2.24. The highest BCUT2D eigenvalue weighted by molar-refractivity contribution is 5.55. The first-order chi connectivity index (χ1) is 11.7. The average molecular weight is 322 g/mol. The van der Waals surface area contributed by atoms with Crippen molar-refractivity contribution in [2.75, 3.05) is 20.2 Å². The van der Waals surface area contributed by atoms with Gasteiger partial charge in [0, 0.05) is 12.1 Å². The lowest BCUT2D eigenvalue weighted by atomic mass is 10.2. The molecule has 0 amide bonds. The van der Waals surface area contributed by atoms with E-state index in [1.165, 1.54) is 0 Å². The van der Waals surface area contributed by atoms with Crippen LogP contribution in [0.1, 0.15) is 11.5 Å². The standard InChI is InChI=1S/C20H22N2O2/c1-16-8-6-7-11-18(16)23-13-12-22(2)15-20-21-14-19(24-20)17-9-4-3-5-10-17/h3-11,14H,12-13,15H2,1-2H3. The van der Waals surface area contributed by atoms with Crippen molar-refractivity contribution in [3.8, 4) is 17.1 Å². The topological polar surface area (TPSA) is 38.5 Å². The van der Waals surface area contributed by atoms with E-state index in [1.54, 1.807) is 6.20 Å². The normalized spacial score (nSPS) is 11.0. The summed E-state index contributed by atoms with van der Waals surface area (Å²) < 4.78 is 11.7. The summed E-state index contributed by atoms with van der Waals surface area (Å²) in [5.74, 6) is 2.45. The number of hydrogen-bond acceptors (Lipinski definition) is 4. The number of rotatable bonds is 7. The zero-order valence-corrected chi connectivity index (χ0v) is 14.1. The van der Waals surface area contributed by atoms with Gasteiger partial charge in [-0.05, 0) is 25.6 Å². The fourth-order valence-electron chi connectivity index (χ4n) is 2.46. The number of benzene rings is 2. The maximum Gasteiger partial charge on any atom is 0.209 e. The lowest BCUT2D eigenvalue weighted by Gasteiger charge is -2.15. The first-order valence-corrected chi connectivity index (χ1v) is 8.09. The zero-order valence-electron chi connectivity index (χ0n) is 14.1. The number of para-hydroxylation sites is 1. The molecule has 0 N–H and O–H groups in total. The van der Waals surface area contributed by atoms with Crippen LogP contribution in [0, 0.1) is 6.92 Å². The second-order valence-electron chi connectivity index (χ2n) is 5.84. The molecule has 0 bridgehead atoms. The molecule has 24 heavy (non-hydrogen) atoms. The van der Waals surface area contributed by atoms with Crippen molar-refractivity contribution >= 4 is 0 Å². The molecule has 0 saturated carbocycles. The summed E-state index contributed by atoms with van der Waals surface area (Å²) in [6.07, 6.45) is 1.78.